The number of carbonyl (C=O) groups excluding carboxylic acids is 1. The lowest BCUT2D eigenvalue weighted by Crippen LogP contribution is -2.27. The zero-order chi connectivity index (χ0) is 24.9. The maximum Gasteiger partial charge on any atom is 0.257 e. The molecule has 4 aromatic rings. The van der Waals surface area contributed by atoms with E-state index < -0.39 is 5.91 Å². The van der Waals surface area contributed by atoms with Crippen LogP contribution in [-0.4, -0.2) is 68.4 Å². The summed E-state index contributed by atoms with van der Waals surface area (Å²) < 4.78 is 22.6. The number of hydrogen-bond acceptors (Lipinski definition) is 9. The number of anilines is 1. The summed E-state index contributed by atoms with van der Waals surface area (Å²) in [4.78, 5) is 22.3. The van der Waals surface area contributed by atoms with E-state index in [1.54, 1.807) is 25.5 Å². The van der Waals surface area contributed by atoms with Crippen LogP contribution in [0.1, 0.15) is 15.9 Å². The fraction of sp³-hybridized carbons (Fsp3) is 0.250. The van der Waals surface area contributed by atoms with Crippen LogP contribution in [0.15, 0.2) is 41.5 Å². The normalized spacial score (nSPS) is 11.3. The van der Waals surface area contributed by atoms with Gasteiger partial charge in [-0.25, -0.2) is 9.97 Å². The molecule has 4 rings (SSSR count). The van der Waals surface area contributed by atoms with Gasteiger partial charge in [-0.2, -0.15) is 9.78 Å². The van der Waals surface area contributed by atoms with Gasteiger partial charge in [0.25, 0.3) is 5.91 Å². The smallest absolute Gasteiger partial charge is 0.257 e. The molecule has 0 unspecified atom stereocenters. The standard InChI is InChI=1S/C24H26N6O5/c1-32-10-9-26-24(31)19-20-23(29-16-8-6-5-7-15(16)28-20)30(22(19)25)27-13-14-11-17(33-2)21(35-4)18(12-14)34-3/h5-8,11-13H,9-10,25H2,1-4H3,(H,26,31)/b27-13-. The number of rotatable bonds is 9. The number of hydrogen-bond donors (Lipinski definition) is 2. The molecule has 182 valence electrons. The van der Waals surface area contributed by atoms with Crippen LogP contribution in [0.3, 0.4) is 0 Å². The van der Waals surface area contributed by atoms with Gasteiger partial charge in [0.1, 0.15) is 16.9 Å². The van der Waals surface area contributed by atoms with Crippen LogP contribution in [0.2, 0.25) is 0 Å². The monoisotopic (exact) mass is 478 g/mol. The predicted molar refractivity (Wildman–Crippen MR) is 133 cm³/mol. The molecule has 0 bridgehead atoms. The molecular weight excluding hydrogens is 452 g/mol. The van der Waals surface area contributed by atoms with E-state index in [2.05, 4.69) is 20.4 Å². The number of ether oxygens (including phenoxy) is 4. The summed E-state index contributed by atoms with van der Waals surface area (Å²) in [5, 5.41) is 7.31. The Hall–Kier alpha value is -4.38. The van der Waals surface area contributed by atoms with Crippen molar-refractivity contribution in [1.82, 2.24) is 20.0 Å². The molecular formula is C24H26N6O5. The van der Waals surface area contributed by atoms with Gasteiger partial charge < -0.3 is 30.0 Å². The SMILES string of the molecule is COCCNC(=O)c1c(N)n(/N=C\c2cc(OC)c(OC)c(OC)c2)c2nc3ccccc3nc12. The lowest BCUT2D eigenvalue weighted by Gasteiger charge is -2.12. The van der Waals surface area contributed by atoms with Crippen molar-refractivity contribution < 1.29 is 23.7 Å². The molecule has 1 amide bonds. The minimum absolute atomic E-state index is 0.105. The molecule has 11 heteroatoms. The highest BCUT2D eigenvalue weighted by atomic mass is 16.5. The van der Waals surface area contributed by atoms with Crippen molar-refractivity contribution >= 4 is 40.1 Å². The highest BCUT2D eigenvalue weighted by molar-refractivity contribution is 6.10. The second-order valence-corrected chi connectivity index (χ2v) is 7.41. The number of benzene rings is 2. The first kappa shape index (κ1) is 23.8. The van der Waals surface area contributed by atoms with Gasteiger partial charge in [-0.05, 0) is 24.3 Å². The summed E-state index contributed by atoms with van der Waals surface area (Å²) in [5.74, 6) is 1.13. The number of nitrogens with zero attached hydrogens (tertiary/aromatic N) is 4. The first-order valence-electron chi connectivity index (χ1n) is 10.7. The van der Waals surface area contributed by atoms with Crippen molar-refractivity contribution in [3.8, 4) is 17.2 Å². The van der Waals surface area contributed by atoms with Crippen LogP contribution in [0.4, 0.5) is 5.82 Å². The number of amides is 1. The number of nitrogen functional groups attached to an aromatic ring is 1. The van der Waals surface area contributed by atoms with Crippen LogP contribution in [0, 0.1) is 0 Å². The van der Waals surface area contributed by atoms with Crippen LogP contribution < -0.4 is 25.3 Å². The van der Waals surface area contributed by atoms with E-state index in [4.69, 9.17) is 24.7 Å². The average Bonchev–Trinajstić information content (AvgIpc) is 3.15. The highest BCUT2D eigenvalue weighted by Crippen LogP contribution is 2.38. The van der Waals surface area contributed by atoms with Crippen molar-refractivity contribution in [1.29, 1.82) is 0 Å². The van der Waals surface area contributed by atoms with Gasteiger partial charge >= 0.3 is 0 Å². The molecule has 0 aliphatic carbocycles. The van der Waals surface area contributed by atoms with Gasteiger partial charge in [0.2, 0.25) is 5.75 Å². The van der Waals surface area contributed by atoms with Gasteiger partial charge in [0, 0.05) is 19.2 Å². The summed E-state index contributed by atoms with van der Waals surface area (Å²) in [6.45, 7) is 0.676. The minimum atomic E-state index is -0.393. The molecule has 0 fully saturated rings. The van der Waals surface area contributed by atoms with E-state index >= 15 is 0 Å². The van der Waals surface area contributed by atoms with Crippen LogP contribution >= 0.6 is 0 Å². The van der Waals surface area contributed by atoms with Crippen molar-refractivity contribution in [3.63, 3.8) is 0 Å². The number of nitrogens with one attached hydrogen (secondary N) is 1. The van der Waals surface area contributed by atoms with Crippen molar-refractivity contribution in [2.75, 3.05) is 47.3 Å². The maximum absolute atomic E-state index is 13.0. The maximum atomic E-state index is 13.0. The third-order valence-corrected chi connectivity index (χ3v) is 5.30. The van der Waals surface area contributed by atoms with E-state index in [0.29, 0.717) is 58.2 Å². The van der Waals surface area contributed by atoms with E-state index in [1.165, 1.54) is 26.0 Å². The number of nitrogens with two attached hydrogens (primary N) is 1. The second-order valence-electron chi connectivity index (χ2n) is 7.41. The molecule has 0 radical (unpaired) electrons. The Bertz CT molecular complexity index is 1390. The van der Waals surface area contributed by atoms with Crippen molar-refractivity contribution in [3.05, 3.63) is 47.5 Å². The summed E-state index contributed by atoms with van der Waals surface area (Å²) in [6, 6.07) is 10.8. The van der Waals surface area contributed by atoms with Crippen molar-refractivity contribution in [2.24, 2.45) is 5.10 Å². The molecule has 11 nitrogen and oxygen atoms in total. The molecule has 0 aliphatic heterocycles. The third-order valence-electron chi connectivity index (χ3n) is 5.30. The average molecular weight is 479 g/mol. The molecule has 0 spiro atoms. The molecule has 0 saturated carbocycles. The molecule has 0 atom stereocenters. The first-order valence-corrected chi connectivity index (χ1v) is 10.7. The summed E-state index contributed by atoms with van der Waals surface area (Å²) in [7, 11) is 6.15. The molecule has 2 aromatic carbocycles. The fourth-order valence-corrected chi connectivity index (χ4v) is 3.64. The Kier molecular flexibility index (Phi) is 6.97. The number of methoxy groups -OCH3 is 4. The lowest BCUT2D eigenvalue weighted by atomic mass is 10.2. The number of fused-ring (bicyclic) bond motifs is 2. The Morgan fingerprint density at radius 3 is 2.31 bits per heavy atom. The topological polar surface area (TPSA) is 135 Å². The number of para-hydroxylation sites is 2. The molecule has 0 saturated heterocycles. The number of carbonyl (C=O) groups is 1. The summed E-state index contributed by atoms with van der Waals surface area (Å²) in [6.07, 6.45) is 1.56. The summed E-state index contributed by atoms with van der Waals surface area (Å²) >= 11 is 0. The Morgan fingerprint density at radius 2 is 1.71 bits per heavy atom. The fourth-order valence-electron chi connectivity index (χ4n) is 3.64. The molecule has 35 heavy (non-hydrogen) atoms. The van der Waals surface area contributed by atoms with Crippen LogP contribution in [0.5, 0.6) is 17.2 Å². The first-order chi connectivity index (χ1) is 17.0. The van der Waals surface area contributed by atoms with E-state index in [1.807, 2.05) is 24.3 Å². The Labute approximate surface area is 201 Å². The van der Waals surface area contributed by atoms with Gasteiger partial charge in [-0.15, -0.1) is 0 Å². The predicted octanol–water partition coefficient (Wildman–Crippen LogP) is 2.45. The zero-order valence-electron chi connectivity index (χ0n) is 19.9. The largest absolute Gasteiger partial charge is 0.493 e. The zero-order valence-corrected chi connectivity index (χ0v) is 19.9. The molecule has 2 aromatic heterocycles. The van der Waals surface area contributed by atoms with Crippen LogP contribution in [-0.2, 0) is 4.74 Å². The van der Waals surface area contributed by atoms with E-state index in [-0.39, 0.29) is 11.4 Å². The lowest BCUT2D eigenvalue weighted by molar-refractivity contribution is 0.0939. The van der Waals surface area contributed by atoms with Crippen LogP contribution in [0.25, 0.3) is 22.2 Å². The van der Waals surface area contributed by atoms with Gasteiger partial charge in [-0.3, -0.25) is 4.79 Å². The summed E-state index contributed by atoms with van der Waals surface area (Å²) in [5.41, 5.74) is 9.23. The number of aromatic nitrogens is 3. The van der Waals surface area contributed by atoms with Gasteiger partial charge in [0.05, 0.1) is 45.2 Å². The van der Waals surface area contributed by atoms with Gasteiger partial charge in [0.15, 0.2) is 17.1 Å². The highest BCUT2D eigenvalue weighted by Gasteiger charge is 2.24. The third kappa shape index (κ3) is 4.53. The van der Waals surface area contributed by atoms with Crippen molar-refractivity contribution in [2.45, 2.75) is 0 Å². The molecule has 2 heterocycles. The minimum Gasteiger partial charge on any atom is -0.493 e. The van der Waals surface area contributed by atoms with E-state index in [0.717, 1.165) is 0 Å². The van der Waals surface area contributed by atoms with E-state index in [9.17, 15) is 4.79 Å². The van der Waals surface area contributed by atoms with Gasteiger partial charge in [-0.1, -0.05) is 12.1 Å². The Balaban J connectivity index is 1.85. The second kappa shape index (κ2) is 10.3. The molecule has 3 N–H and O–H groups in total. The quantitative estimate of drug-likeness (QED) is 0.277. The Morgan fingerprint density at radius 1 is 1.06 bits per heavy atom. The molecule has 0 aliphatic rings.